The lowest BCUT2D eigenvalue weighted by molar-refractivity contribution is -0.132. The van der Waals surface area contributed by atoms with Crippen molar-refractivity contribution in [1.82, 2.24) is 0 Å². The van der Waals surface area contributed by atoms with E-state index in [-0.39, 0.29) is 5.57 Å². The first-order valence-corrected chi connectivity index (χ1v) is 9.67. The summed E-state index contributed by atoms with van der Waals surface area (Å²) in [6.45, 7) is 5.13. The van der Waals surface area contributed by atoms with E-state index >= 15 is 0 Å². The number of hydrogen-bond acceptors (Lipinski definition) is 2. The van der Waals surface area contributed by atoms with Gasteiger partial charge in [-0.3, -0.25) is 0 Å². The molecule has 4 nitrogen and oxygen atoms in total. The first-order valence-electron chi connectivity index (χ1n) is 9.67. The number of fused-ring (bicyclic) bond motifs is 2. The highest BCUT2D eigenvalue weighted by Crippen LogP contribution is 2.20. The zero-order valence-electron chi connectivity index (χ0n) is 17.1. The van der Waals surface area contributed by atoms with E-state index in [2.05, 4.69) is 6.58 Å². The van der Waals surface area contributed by atoms with Gasteiger partial charge < -0.3 is 10.2 Å². The van der Waals surface area contributed by atoms with Crippen LogP contribution in [0.3, 0.4) is 0 Å². The van der Waals surface area contributed by atoms with E-state index in [9.17, 15) is 9.59 Å². The van der Waals surface area contributed by atoms with E-state index < -0.39 is 11.9 Å². The van der Waals surface area contributed by atoms with Crippen molar-refractivity contribution < 1.29 is 19.8 Å². The van der Waals surface area contributed by atoms with Crippen LogP contribution in [0.4, 0.5) is 0 Å². The van der Waals surface area contributed by atoms with Crippen molar-refractivity contribution in [2.75, 3.05) is 0 Å². The highest BCUT2D eigenvalue weighted by Gasteiger charge is 2.07. The summed E-state index contributed by atoms with van der Waals surface area (Å²) in [6.07, 6.45) is 1.68. The SMILES string of the molecule is C=C(C(=O)O)c1ccc2ccccc2c1.CC(=Cc1ccc2ccccc2c1)C(=O)O. The Balaban J connectivity index is 0.000000176. The van der Waals surface area contributed by atoms with Crippen LogP contribution in [-0.4, -0.2) is 22.2 Å². The second-order valence-corrected chi connectivity index (χ2v) is 7.08. The van der Waals surface area contributed by atoms with E-state index in [4.69, 9.17) is 10.2 Å². The molecule has 0 aliphatic heterocycles. The Morgan fingerprint density at radius 2 is 1.23 bits per heavy atom. The van der Waals surface area contributed by atoms with Crippen LogP contribution in [0, 0.1) is 0 Å². The zero-order chi connectivity index (χ0) is 22.4. The molecule has 2 N–H and O–H groups in total. The van der Waals surface area contributed by atoms with Gasteiger partial charge in [0.25, 0.3) is 0 Å². The van der Waals surface area contributed by atoms with Crippen LogP contribution in [0.2, 0.25) is 0 Å². The number of carbonyl (C=O) groups is 2. The summed E-state index contributed by atoms with van der Waals surface area (Å²) in [7, 11) is 0. The van der Waals surface area contributed by atoms with Gasteiger partial charge in [-0.25, -0.2) is 9.59 Å². The summed E-state index contributed by atoms with van der Waals surface area (Å²) in [5.41, 5.74) is 2.04. The first-order chi connectivity index (χ1) is 14.8. The summed E-state index contributed by atoms with van der Waals surface area (Å²) < 4.78 is 0. The molecule has 0 saturated carbocycles. The molecule has 0 aliphatic rings. The molecule has 0 fully saturated rings. The molecule has 4 aromatic rings. The van der Waals surface area contributed by atoms with Gasteiger partial charge in [0.1, 0.15) is 0 Å². The lowest BCUT2D eigenvalue weighted by atomic mass is 10.0. The lowest BCUT2D eigenvalue weighted by Gasteiger charge is -2.02. The largest absolute Gasteiger partial charge is 0.478 e. The molecular weight excluding hydrogens is 388 g/mol. The van der Waals surface area contributed by atoms with Crippen molar-refractivity contribution >= 4 is 45.1 Å². The van der Waals surface area contributed by atoms with Crippen molar-refractivity contribution in [2.45, 2.75) is 6.92 Å². The third kappa shape index (κ3) is 5.46. The maximum Gasteiger partial charge on any atom is 0.335 e. The Morgan fingerprint density at radius 1 is 0.710 bits per heavy atom. The Morgan fingerprint density at radius 3 is 1.77 bits per heavy atom. The molecule has 0 atom stereocenters. The normalized spacial score (nSPS) is 10.9. The van der Waals surface area contributed by atoms with Gasteiger partial charge in [0.2, 0.25) is 0 Å². The molecule has 0 unspecified atom stereocenters. The van der Waals surface area contributed by atoms with Crippen molar-refractivity contribution in [1.29, 1.82) is 0 Å². The van der Waals surface area contributed by atoms with Gasteiger partial charge in [-0.15, -0.1) is 0 Å². The van der Waals surface area contributed by atoms with E-state index in [1.54, 1.807) is 19.1 Å². The number of aliphatic carboxylic acids is 2. The quantitative estimate of drug-likeness (QED) is 0.389. The maximum atomic E-state index is 10.7. The predicted molar refractivity (Wildman–Crippen MR) is 126 cm³/mol. The number of carboxylic acids is 2. The van der Waals surface area contributed by atoms with Crippen LogP contribution in [-0.2, 0) is 9.59 Å². The fraction of sp³-hybridized carbons (Fsp3) is 0.0370. The van der Waals surface area contributed by atoms with Crippen molar-refractivity contribution in [3.8, 4) is 0 Å². The van der Waals surface area contributed by atoms with Gasteiger partial charge in [-0.05, 0) is 57.8 Å². The molecule has 0 saturated heterocycles. The van der Waals surface area contributed by atoms with Crippen LogP contribution in [0.5, 0.6) is 0 Å². The molecule has 4 aromatic carbocycles. The monoisotopic (exact) mass is 410 g/mol. The Labute approximate surface area is 180 Å². The highest BCUT2D eigenvalue weighted by atomic mass is 16.4. The summed E-state index contributed by atoms with van der Waals surface area (Å²) in [5, 5.41) is 22.0. The fourth-order valence-electron chi connectivity index (χ4n) is 3.11. The van der Waals surface area contributed by atoms with Crippen molar-refractivity contribution in [2.24, 2.45) is 0 Å². The average molecular weight is 410 g/mol. The Kier molecular flexibility index (Phi) is 6.63. The van der Waals surface area contributed by atoms with Gasteiger partial charge in [-0.2, -0.15) is 0 Å². The molecule has 0 spiro atoms. The van der Waals surface area contributed by atoms with E-state index in [0.29, 0.717) is 11.1 Å². The number of hydrogen-bond donors (Lipinski definition) is 2. The summed E-state index contributed by atoms with van der Waals surface area (Å²) >= 11 is 0. The molecule has 154 valence electrons. The van der Waals surface area contributed by atoms with E-state index in [0.717, 1.165) is 27.1 Å². The molecular formula is C27H22O4. The molecule has 0 amide bonds. The third-order valence-corrected chi connectivity index (χ3v) is 4.85. The predicted octanol–water partition coefficient (Wildman–Crippen LogP) is 6.27. The molecule has 0 bridgehead atoms. The van der Waals surface area contributed by atoms with Crippen LogP contribution >= 0.6 is 0 Å². The van der Waals surface area contributed by atoms with Crippen LogP contribution in [0.25, 0.3) is 33.2 Å². The van der Waals surface area contributed by atoms with Crippen molar-refractivity contribution in [3.63, 3.8) is 0 Å². The number of rotatable bonds is 4. The highest BCUT2D eigenvalue weighted by molar-refractivity contribution is 6.15. The molecule has 0 heterocycles. The van der Waals surface area contributed by atoms with Gasteiger partial charge in [0, 0.05) is 5.57 Å². The smallest absolute Gasteiger partial charge is 0.335 e. The van der Waals surface area contributed by atoms with Gasteiger partial charge in [-0.1, -0.05) is 79.4 Å². The van der Waals surface area contributed by atoms with Crippen LogP contribution in [0.1, 0.15) is 18.1 Å². The van der Waals surface area contributed by atoms with Crippen LogP contribution in [0.15, 0.2) is 97.1 Å². The molecule has 31 heavy (non-hydrogen) atoms. The third-order valence-electron chi connectivity index (χ3n) is 4.85. The van der Waals surface area contributed by atoms with Crippen LogP contribution < -0.4 is 0 Å². The second kappa shape index (κ2) is 9.55. The molecule has 0 aliphatic carbocycles. The van der Waals surface area contributed by atoms with E-state index in [1.807, 2.05) is 78.9 Å². The summed E-state index contributed by atoms with van der Waals surface area (Å²) in [5.74, 6) is -1.86. The molecule has 0 aromatic heterocycles. The topological polar surface area (TPSA) is 74.6 Å². The number of benzene rings is 4. The minimum absolute atomic E-state index is 0.126. The minimum atomic E-state index is -0.981. The second-order valence-electron chi connectivity index (χ2n) is 7.08. The number of carboxylic acid groups (broad SMARTS) is 2. The summed E-state index contributed by atoms with van der Waals surface area (Å²) in [4.78, 5) is 21.4. The average Bonchev–Trinajstić information content (AvgIpc) is 2.78. The molecule has 0 radical (unpaired) electrons. The Bertz CT molecular complexity index is 1320. The van der Waals surface area contributed by atoms with E-state index in [1.165, 1.54) is 0 Å². The standard InChI is InChI=1S/C14H12O2.C13H10O2/c1-10(14(15)16)8-11-6-7-12-4-2-3-5-13(12)9-11;1-9(13(14)15)11-7-6-10-4-2-3-5-12(10)8-11/h2-9H,1H3,(H,15,16);2-8H,1H2,(H,14,15). The maximum absolute atomic E-state index is 10.7. The fourth-order valence-corrected chi connectivity index (χ4v) is 3.11. The van der Waals surface area contributed by atoms with Gasteiger partial charge in [0.05, 0.1) is 5.57 Å². The zero-order valence-corrected chi connectivity index (χ0v) is 17.1. The molecule has 4 heteroatoms. The van der Waals surface area contributed by atoms with Gasteiger partial charge >= 0.3 is 11.9 Å². The first kappa shape index (κ1) is 21.5. The lowest BCUT2D eigenvalue weighted by Crippen LogP contribution is -1.97. The van der Waals surface area contributed by atoms with Crippen molar-refractivity contribution in [3.05, 3.63) is 108 Å². The molecule has 4 rings (SSSR count). The summed E-state index contributed by atoms with van der Waals surface area (Å²) in [6, 6.07) is 27.3. The van der Waals surface area contributed by atoms with Gasteiger partial charge in [0.15, 0.2) is 0 Å². The minimum Gasteiger partial charge on any atom is -0.478 e. The Hall–Kier alpha value is -4.18.